The van der Waals surface area contributed by atoms with Crippen LogP contribution in [0.2, 0.25) is 0 Å². The summed E-state index contributed by atoms with van der Waals surface area (Å²) in [7, 11) is 2.17. The highest BCUT2D eigenvalue weighted by Gasteiger charge is 2.17. The maximum absolute atomic E-state index is 2.43. The Morgan fingerprint density at radius 3 is 2.28 bits per heavy atom. The zero-order chi connectivity index (χ0) is 19.4. The molecule has 1 aromatic heterocycles. The molecule has 0 bridgehead atoms. The molecule has 1 aliphatic carbocycles. The third-order valence-corrected chi connectivity index (χ3v) is 6.56. The number of fused-ring (bicyclic) bond motifs is 6. The molecule has 0 N–H and O–H groups in total. The number of hydrogen-bond donors (Lipinski definition) is 0. The minimum atomic E-state index is 1.16. The van der Waals surface area contributed by atoms with E-state index in [9.17, 15) is 0 Å². The topological polar surface area (TPSA) is 4.93 Å². The molecular weight excluding hydrogens is 350 g/mol. The molecule has 0 saturated heterocycles. The lowest BCUT2D eigenvalue weighted by Gasteiger charge is -2.13. The molecule has 0 fully saturated rings. The van der Waals surface area contributed by atoms with Crippen molar-refractivity contribution in [3.05, 3.63) is 96.1 Å². The van der Waals surface area contributed by atoms with Crippen LogP contribution < -0.4 is 0 Å². The van der Waals surface area contributed by atoms with E-state index in [-0.39, 0.29) is 0 Å². The van der Waals surface area contributed by atoms with Crippen molar-refractivity contribution >= 4 is 21.8 Å². The lowest BCUT2D eigenvalue weighted by atomic mass is 9.91. The van der Waals surface area contributed by atoms with Crippen molar-refractivity contribution < 1.29 is 0 Å². The molecule has 0 radical (unpaired) electrons. The summed E-state index contributed by atoms with van der Waals surface area (Å²) in [6.45, 7) is 0. The molecule has 5 aromatic rings. The Morgan fingerprint density at radius 2 is 1.34 bits per heavy atom. The highest BCUT2D eigenvalue weighted by Crippen LogP contribution is 2.39. The van der Waals surface area contributed by atoms with E-state index in [0.29, 0.717) is 0 Å². The Labute approximate surface area is 171 Å². The normalized spacial score (nSPS) is 13.3. The van der Waals surface area contributed by atoms with Gasteiger partial charge >= 0.3 is 0 Å². The van der Waals surface area contributed by atoms with Gasteiger partial charge in [0.15, 0.2) is 0 Å². The van der Waals surface area contributed by atoms with Crippen molar-refractivity contribution in [2.75, 3.05) is 0 Å². The Kier molecular flexibility index (Phi) is 3.64. The fourth-order valence-electron chi connectivity index (χ4n) is 5.13. The molecule has 4 aromatic carbocycles. The van der Waals surface area contributed by atoms with Crippen LogP contribution in [0.3, 0.4) is 0 Å². The fraction of sp³-hybridized carbons (Fsp3) is 0.143. The molecule has 140 valence electrons. The molecule has 0 aliphatic heterocycles. The minimum Gasteiger partial charge on any atom is -0.344 e. The van der Waals surface area contributed by atoms with Gasteiger partial charge in [0.1, 0.15) is 0 Å². The van der Waals surface area contributed by atoms with Crippen molar-refractivity contribution in [3.63, 3.8) is 0 Å². The van der Waals surface area contributed by atoms with Crippen LogP contribution in [0.15, 0.2) is 84.9 Å². The molecule has 1 aliphatic rings. The molecule has 29 heavy (non-hydrogen) atoms. The lowest BCUT2D eigenvalue weighted by molar-refractivity contribution is 0.835. The van der Waals surface area contributed by atoms with Crippen LogP contribution in [0.5, 0.6) is 0 Å². The van der Waals surface area contributed by atoms with E-state index in [2.05, 4.69) is 96.5 Å². The first kappa shape index (κ1) is 16.6. The van der Waals surface area contributed by atoms with Gasteiger partial charge in [-0.25, -0.2) is 0 Å². The number of aryl methyl sites for hydroxylation is 3. The van der Waals surface area contributed by atoms with Crippen LogP contribution in [0, 0.1) is 0 Å². The van der Waals surface area contributed by atoms with E-state index in [1.165, 1.54) is 68.0 Å². The van der Waals surface area contributed by atoms with E-state index in [0.717, 1.165) is 6.42 Å². The molecule has 0 amide bonds. The van der Waals surface area contributed by atoms with Gasteiger partial charge in [-0.15, -0.1) is 0 Å². The minimum absolute atomic E-state index is 1.16. The second-order valence-corrected chi connectivity index (χ2v) is 8.16. The number of para-hydroxylation sites is 1. The van der Waals surface area contributed by atoms with Crippen molar-refractivity contribution in [1.82, 2.24) is 4.57 Å². The van der Waals surface area contributed by atoms with Crippen molar-refractivity contribution in [3.8, 4) is 22.3 Å². The summed E-state index contributed by atoms with van der Waals surface area (Å²) < 4.78 is 2.31. The van der Waals surface area contributed by atoms with Gasteiger partial charge in [-0.3, -0.25) is 0 Å². The van der Waals surface area contributed by atoms with Crippen LogP contribution in [0.1, 0.15) is 17.5 Å². The van der Waals surface area contributed by atoms with E-state index in [1.54, 1.807) is 0 Å². The highest BCUT2D eigenvalue weighted by molar-refractivity contribution is 6.14. The average Bonchev–Trinajstić information content (AvgIpc) is 2.94. The van der Waals surface area contributed by atoms with Crippen LogP contribution >= 0.6 is 0 Å². The van der Waals surface area contributed by atoms with Crippen LogP contribution in [0.4, 0.5) is 0 Å². The third-order valence-electron chi connectivity index (χ3n) is 6.56. The van der Waals surface area contributed by atoms with Gasteiger partial charge in [-0.2, -0.15) is 0 Å². The van der Waals surface area contributed by atoms with Gasteiger partial charge in [0.25, 0.3) is 0 Å². The SMILES string of the molecule is Cn1c2ccccc2c2c(-c3ccc4c(c3)-c3ccccc3CCC4)cccc21. The van der Waals surface area contributed by atoms with Gasteiger partial charge in [-0.1, -0.05) is 66.7 Å². The van der Waals surface area contributed by atoms with E-state index < -0.39 is 0 Å². The standard InChI is InChI=1S/C28H23N/c1-29-26-14-5-4-12-24(26)28-23(13-7-15-27(28)29)21-17-16-20-10-6-9-19-8-2-3-11-22(19)25(20)18-21/h2-5,7-8,11-18H,6,9-10H2,1H3. The van der Waals surface area contributed by atoms with Crippen molar-refractivity contribution in [1.29, 1.82) is 0 Å². The van der Waals surface area contributed by atoms with E-state index >= 15 is 0 Å². The smallest absolute Gasteiger partial charge is 0.0495 e. The Balaban J connectivity index is 1.65. The molecule has 6 rings (SSSR count). The predicted molar refractivity (Wildman–Crippen MR) is 123 cm³/mol. The first-order valence-electron chi connectivity index (χ1n) is 10.5. The predicted octanol–water partition coefficient (Wildman–Crippen LogP) is 7.15. The largest absolute Gasteiger partial charge is 0.344 e. The lowest BCUT2D eigenvalue weighted by Crippen LogP contribution is -1.90. The maximum atomic E-state index is 2.43. The van der Waals surface area contributed by atoms with E-state index in [1.807, 2.05) is 0 Å². The number of hydrogen-bond acceptors (Lipinski definition) is 0. The van der Waals surface area contributed by atoms with Gasteiger partial charge < -0.3 is 4.57 Å². The molecule has 0 saturated carbocycles. The number of rotatable bonds is 1. The van der Waals surface area contributed by atoms with Gasteiger partial charge in [0.2, 0.25) is 0 Å². The summed E-state index contributed by atoms with van der Waals surface area (Å²) in [5.74, 6) is 0. The van der Waals surface area contributed by atoms with Crippen LogP contribution in [-0.4, -0.2) is 4.57 Å². The summed E-state index contributed by atoms with van der Waals surface area (Å²) in [6.07, 6.45) is 3.55. The Hall–Kier alpha value is -3.32. The second kappa shape index (κ2) is 6.35. The van der Waals surface area contributed by atoms with E-state index in [4.69, 9.17) is 0 Å². The number of nitrogens with zero attached hydrogens (tertiary/aromatic N) is 1. The molecule has 0 atom stereocenters. The number of benzene rings is 4. The molecular formula is C28H23N. The van der Waals surface area contributed by atoms with Crippen LogP contribution in [0.25, 0.3) is 44.1 Å². The number of aromatic nitrogens is 1. The monoisotopic (exact) mass is 373 g/mol. The quantitative estimate of drug-likeness (QED) is 0.294. The zero-order valence-electron chi connectivity index (χ0n) is 16.7. The second-order valence-electron chi connectivity index (χ2n) is 8.16. The van der Waals surface area contributed by atoms with Crippen molar-refractivity contribution in [2.24, 2.45) is 7.05 Å². The third kappa shape index (κ3) is 2.47. The molecule has 1 heteroatoms. The maximum Gasteiger partial charge on any atom is 0.0495 e. The van der Waals surface area contributed by atoms with Gasteiger partial charge in [0, 0.05) is 28.9 Å². The summed E-state index contributed by atoms with van der Waals surface area (Å²) in [5.41, 5.74) is 11.0. The molecule has 0 spiro atoms. The fourth-order valence-corrected chi connectivity index (χ4v) is 5.13. The summed E-state index contributed by atoms with van der Waals surface area (Å²) >= 11 is 0. The summed E-state index contributed by atoms with van der Waals surface area (Å²) in [6, 6.07) is 31.5. The first-order chi connectivity index (χ1) is 14.3. The molecule has 0 unspecified atom stereocenters. The summed E-state index contributed by atoms with van der Waals surface area (Å²) in [4.78, 5) is 0. The van der Waals surface area contributed by atoms with Crippen LogP contribution in [-0.2, 0) is 19.9 Å². The zero-order valence-corrected chi connectivity index (χ0v) is 16.7. The average molecular weight is 373 g/mol. The van der Waals surface area contributed by atoms with Crippen molar-refractivity contribution in [2.45, 2.75) is 19.3 Å². The first-order valence-corrected chi connectivity index (χ1v) is 10.5. The van der Waals surface area contributed by atoms with Gasteiger partial charge in [-0.05, 0) is 70.8 Å². The highest BCUT2D eigenvalue weighted by atomic mass is 14.9. The molecule has 1 nitrogen and oxygen atoms in total. The summed E-state index contributed by atoms with van der Waals surface area (Å²) in [5, 5.41) is 2.68. The van der Waals surface area contributed by atoms with Gasteiger partial charge in [0.05, 0.1) is 0 Å². The Morgan fingerprint density at radius 1 is 0.621 bits per heavy atom. The molecule has 1 heterocycles. The Bertz CT molecular complexity index is 1390.